The van der Waals surface area contributed by atoms with Crippen LogP contribution in [0.1, 0.15) is 23.2 Å². The van der Waals surface area contributed by atoms with Gasteiger partial charge in [-0.2, -0.15) is 18.0 Å². The van der Waals surface area contributed by atoms with Gasteiger partial charge in [-0.1, -0.05) is 36.5 Å². The molecular weight excluding hydrogens is 320 g/mol. The molecule has 3 rings (SSSR count). The molecule has 0 spiro atoms. The molecule has 2 heterocycles. The summed E-state index contributed by atoms with van der Waals surface area (Å²) in [6.07, 6.45) is 0.748. The molecule has 22 heavy (non-hydrogen) atoms. The van der Waals surface area contributed by atoms with Gasteiger partial charge in [-0.3, -0.25) is 4.72 Å². The molecule has 0 amide bonds. The van der Waals surface area contributed by atoms with Crippen LogP contribution in [-0.2, 0) is 16.4 Å². The van der Waals surface area contributed by atoms with Crippen LogP contribution in [0.5, 0.6) is 0 Å². The Balaban J connectivity index is 2.11. The number of hydrogen-bond donors (Lipinski definition) is 1. The van der Waals surface area contributed by atoms with Crippen molar-refractivity contribution in [3.05, 3.63) is 40.5 Å². The lowest BCUT2D eigenvalue weighted by atomic mass is 10.2. The summed E-state index contributed by atoms with van der Waals surface area (Å²) >= 11 is 1.41. The number of rotatable bonds is 4. The number of aryl methyl sites for hydroxylation is 3. The topological polar surface area (TPSA) is 76.4 Å². The number of aromatic nitrogens is 3. The van der Waals surface area contributed by atoms with Gasteiger partial charge < -0.3 is 0 Å². The first-order valence-electron chi connectivity index (χ1n) is 6.86. The summed E-state index contributed by atoms with van der Waals surface area (Å²) in [5.74, 6) is 0. The molecule has 8 heteroatoms. The van der Waals surface area contributed by atoms with Crippen LogP contribution in [0, 0.1) is 13.8 Å². The summed E-state index contributed by atoms with van der Waals surface area (Å²) in [7, 11) is -3.75. The Kier molecular flexibility index (Phi) is 3.65. The number of hydrogen-bond acceptors (Lipinski definition) is 5. The number of benzene rings is 1. The second kappa shape index (κ2) is 5.36. The van der Waals surface area contributed by atoms with E-state index in [0.29, 0.717) is 16.3 Å². The second-order valence-corrected chi connectivity index (χ2v) is 7.60. The van der Waals surface area contributed by atoms with Crippen LogP contribution in [0.25, 0.3) is 4.96 Å². The maximum atomic E-state index is 12.7. The van der Waals surface area contributed by atoms with Crippen LogP contribution in [0.15, 0.2) is 29.3 Å². The maximum Gasteiger partial charge on any atom is 0.281 e. The Bertz CT molecular complexity index is 941. The molecule has 0 aliphatic rings. The van der Waals surface area contributed by atoms with E-state index >= 15 is 0 Å². The third-order valence-electron chi connectivity index (χ3n) is 3.31. The van der Waals surface area contributed by atoms with Gasteiger partial charge in [0.05, 0.1) is 11.4 Å². The molecule has 0 unspecified atom stereocenters. The van der Waals surface area contributed by atoms with Gasteiger partial charge in [0.25, 0.3) is 10.0 Å². The highest BCUT2D eigenvalue weighted by Gasteiger charge is 2.26. The van der Waals surface area contributed by atoms with Crippen LogP contribution in [0.2, 0.25) is 0 Å². The van der Waals surface area contributed by atoms with Crippen LogP contribution >= 0.6 is 11.3 Å². The van der Waals surface area contributed by atoms with Crippen molar-refractivity contribution in [2.24, 2.45) is 0 Å². The SMILES string of the molecule is CCc1nn2c(S(=O)(=O)Nc3ccccc3C)c(C)nc2s1. The highest BCUT2D eigenvalue weighted by molar-refractivity contribution is 7.92. The summed E-state index contributed by atoms with van der Waals surface area (Å²) in [5.41, 5.74) is 1.86. The summed E-state index contributed by atoms with van der Waals surface area (Å²) < 4.78 is 29.5. The number of nitrogens with zero attached hydrogens (tertiary/aromatic N) is 3. The summed E-state index contributed by atoms with van der Waals surface area (Å²) in [5, 5.41) is 5.29. The third-order valence-corrected chi connectivity index (χ3v) is 5.83. The van der Waals surface area contributed by atoms with Crippen molar-refractivity contribution < 1.29 is 8.42 Å². The molecule has 6 nitrogen and oxygen atoms in total. The number of nitrogens with one attached hydrogen (secondary N) is 1. The number of para-hydroxylation sites is 1. The quantitative estimate of drug-likeness (QED) is 0.795. The minimum atomic E-state index is -3.75. The van der Waals surface area contributed by atoms with Gasteiger partial charge in [0.2, 0.25) is 9.99 Å². The molecule has 0 bridgehead atoms. The van der Waals surface area contributed by atoms with Crippen molar-refractivity contribution >= 4 is 32.0 Å². The summed E-state index contributed by atoms with van der Waals surface area (Å²) in [6.45, 7) is 5.51. The molecule has 2 aromatic heterocycles. The van der Waals surface area contributed by atoms with Gasteiger partial charge in [-0.25, -0.2) is 4.98 Å². The predicted molar refractivity (Wildman–Crippen MR) is 87.0 cm³/mol. The maximum absolute atomic E-state index is 12.7. The van der Waals surface area contributed by atoms with E-state index < -0.39 is 10.0 Å². The molecule has 0 atom stereocenters. The van der Waals surface area contributed by atoms with E-state index in [2.05, 4.69) is 14.8 Å². The molecule has 116 valence electrons. The highest BCUT2D eigenvalue weighted by atomic mass is 32.2. The number of fused-ring (bicyclic) bond motifs is 1. The average molecular weight is 336 g/mol. The Morgan fingerprint density at radius 1 is 1.27 bits per heavy atom. The fourth-order valence-corrected chi connectivity index (χ4v) is 4.54. The lowest BCUT2D eigenvalue weighted by molar-refractivity contribution is 0.592. The van der Waals surface area contributed by atoms with Crippen LogP contribution in [-0.4, -0.2) is 23.0 Å². The monoisotopic (exact) mass is 336 g/mol. The van der Waals surface area contributed by atoms with E-state index in [-0.39, 0.29) is 5.03 Å². The van der Waals surface area contributed by atoms with Gasteiger partial charge in [-0.15, -0.1) is 0 Å². The molecule has 0 aliphatic heterocycles. The van der Waals surface area contributed by atoms with Gasteiger partial charge in [0, 0.05) is 0 Å². The predicted octanol–water partition coefficient (Wildman–Crippen LogP) is 2.77. The molecule has 1 aromatic carbocycles. The zero-order valence-electron chi connectivity index (χ0n) is 12.5. The van der Waals surface area contributed by atoms with Crippen LogP contribution in [0.4, 0.5) is 5.69 Å². The van der Waals surface area contributed by atoms with E-state index in [9.17, 15) is 8.42 Å². The zero-order chi connectivity index (χ0) is 15.9. The molecule has 0 radical (unpaired) electrons. The molecular formula is C14H16N4O2S2. The largest absolute Gasteiger partial charge is 0.281 e. The zero-order valence-corrected chi connectivity index (χ0v) is 14.1. The Labute approximate surface area is 132 Å². The van der Waals surface area contributed by atoms with E-state index in [1.165, 1.54) is 15.9 Å². The molecule has 1 N–H and O–H groups in total. The Morgan fingerprint density at radius 3 is 2.68 bits per heavy atom. The fraction of sp³-hybridized carbons (Fsp3) is 0.286. The van der Waals surface area contributed by atoms with Gasteiger partial charge in [0.1, 0.15) is 5.01 Å². The highest BCUT2D eigenvalue weighted by Crippen LogP contribution is 2.25. The van der Waals surface area contributed by atoms with Gasteiger partial charge in [0.15, 0.2) is 0 Å². The van der Waals surface area contributed by atoms with E-state index in [1.807, 2.05) is 26.0 Å². The Hall–Kier alpha value is -1.93. The van der Waals surface area contributed by atoms with Crippen molar-refractivity contribution in [2.75, 3.05) is 4.72 Å². The van der Waals surface area contributed by atoms with Crippen molar-refractivity contribution in [1.29, 1.82) is 0 Å². The average Bonchev–Trinajstić information content (AvgIpc) is 2.96. The molecule has 0 fully saturated rings. The van der Waals surface area contributed by atoms with Gasteiger partial charge in [-0.05, 0) is 31.9 Å². The Morgan fingerprint density at radius 2 is 2.00 bits per heavy atom. The first kappa shape index (κ1) is 15.0. The molecule has 0 saturated heterocycles. The van der Waals surface area contributed by atoms with Crippen LogP contribution < -0.4 is 4.72 Å². The minimum absolute atomic E-state index is 0.0988. The molecule has 0 aliphatic carbocycles. The minimum Gasteiger partial charge on any atom is -0.278 e. The second-order valence-electron chi connectivity index (χ2n) is 4.97. The first-order valence-corrected chi connectivity index (χ1v) is 9.16. The summed E-state index contributed by atoms with van der Waals surface area (Å²) in [4.78, 5) is 4.91. The van der Waals surface area contributed by atoms with E-state index in [0.717, 1.165) is 17.0 Å². The summed E-state index contributed by atoms with van der Waals surface area (Å²) in [6, 6.07) is 7.25. The van der Waals surface area contributed by atoms with Gasteiger partial charge >= 0.3 is 0 Å². The van der Waals surface area contributed by atoms with Crippen molar-refractivity contribution in [3.8, 4) is 0 Å². The number of sulfonamides is 1. The lowest BCUT2D eigenvalue weighted by Gasteiger charge is -2.09. The van der Waals surface area contributed by atoms with Crippen LogP contribution in [0.3, 0.4) is 0 Å². The molecule has 3 aromatic rings. The first-order chi connectivity index (χ1) is 10.4. The fourth-order valence-electron chi connectivity index (χ4n) is 2.20. The number of imidazole rings is 1. The smallest absolute Gasteiger partial charge is 0.278 e. The van der Waals surface area contributed by atoms with Crippen molar-refractivity contribution in [3.63, 3.8) is 0 Å². The normalized spacial score (nSPS) is 12.0. The van der Waals surface area contributed by atoms with E-state index in [1.54, 1.807) is 19.1 Å². The standard InChI is InChI=1S/C14H16N4O2S2/c1-4-12-16-18-13(10(3)15-14(18)21-12)22(19,20)17-11-8-6-5-7-9(11)2/h5-8,17H,4H2,1-3H3. The van der Waals surface area contributed by atoms with E-state index in [4.69, 9.17) is 0 Å². The number of anilines is 1. The van der Waals surface area contributed by atoms with Crippen molar-refractivity contribution in [2.45, 2.75) is 32.2 Å². The van der Waals surface area contributed by atoms with Crippen molar-refractivity contribution in [1.82, 2.24) is 14.6 Å². The molecule has 0 saturated carbocycles. The lowest BCUT2D eigenvalue weighted by Crippen LogP contribution is -2.17. The third kappa shape index (κ3) is 2.48.